The highest BCUT2D eigenvalue weighted by atomic mass is 16.5. The molecule has 2 saturated heterocycles. The Morgan fingerprint density at radius 3 is 2.96 bits per heavy atom. The fourth-order valence-electron chi connectivity index (χ4n) is 3.61. The van der Waals surface area contributed by atoms with Gasteiger partial charge in [0.2, 0.25) is 11.8 Å². The fraction of sp³-hybridized carbons (Fsp3) is 0.600. The van der Waals surface area contributed by atoms with Crippen LogP contribution in [0.15, 0.2) is 24.3 Å². The molecule has 2 fully saturated rings. The van der Waals surface area contributed by atoms with E-state index in [1.165, 1.54) is 0 Å². The molecule has 0 radical (unpaired) electrons. The summed E-state index contributed by atoms with van der Waals surface area (Å²) in [4.78, 5) is 29.2. The molecule has 0 spiro atoms. The maximum absolute atomic E-state index is 12.8. The van der Waals surface area contributed by atoms with Gasteiger partial charge in [0.15, 0.2) is 0 Å². The Kier molecular flexibility index (Phi) is 7.06. The van der Waals surface area contributed by atoms with Gasteiger partial charge < -0.3 is 19.7 Å². The van der Waals surface area contributed by atoms with Crippen molar-refractivity contribution < 1.29 is 19.1 Å². The van der Waals surface area contributed by atoms with Crippen LogP contribution in [0, 0.1) is 0 Å². The minimum atomic E-state index is -0.454. The average molecular weight is 375 g/mol. The van der Waals surface area contributed by atoms with E-state index in [-0.39, 0.29) is 18.2 Å². The van der Waals surface area contributed by atoms with E-state index in [0.29, 0.717) is 52.5 Å². The van der Waals surface area contributed by atoms with Crippen LogP contribution in [-0.2, 0) is 20.9 Å². The molecule has 0 aliphatic carbocycles. The summed E-state index contributed by atoms with van der Waals surface area (Å²) in [6, 6.07) is 7.42. The second kappa shape index (κ2) is 9.71. The maximum atomic E-state index is 12.8. The molecule has 3 rings (SSSR count). The van der Waals surface area contributed by atoms with Crippen LogP contribution in [0.25, 0.3) is 0 Å². The summed E-state index contributed by atoms with van der Waals surface area (Å²) in [6.45, 7) is 6.99. The number of carbonyl (C=O) groups excluding carboxylic acids is 2. The SMILES string of the molecule is CCOc1ccccc1CN1CCNC(=O)[C@H]1CC(=O)N1CCCOCC1. The van der Waals surface area contributed by atoms with Gasteiger partial charge in [0, 0.05) is 44.9 Å². The molecular formula is C20H29N3O4. The number of carbonyl (C=O) groups is 2. The summed E-state index contributed by atoms with van der Waals surface area (Å²) in [5, 5.41) is 2.90. The van der Waals surface area contributed by atoms with Crippen LogP contribution < -0.4 is 10.1 Å². The molecule has 2 amide bonds. The molecule has 148 valence electrons. The quantitative estimate of drug-likeness (QED) is 0.804. The number of piperazine rings is 1. The van der Waals surface area contributed by atoms with Gasteiger partial charge in [-0.15, -0.1) is 0 Å². The number of hydrogen-bond acceptors (Lipinski definition) is 5. The molecule has 0 saturated carbocycles. The number of amides is 2. The van der Waals surface area contributed by atoms with Crippen LogP contribution in [0.5, 0.6) is 5.75 Å². The summed E-state index contributed by atoms with van der Waals surface area (Å²) in [6.07, 6.45) is 1.04. The lowest BCUT2D eigenvalue weighted by atomic mass is 10.1. The lowest BCUT2D eigenvalue weighted by Gasteiger charge is -2.36. The molecule has 7 heteroatoms. The molecule has 0 unspecified atom stereocenters. The minimum Gasteiger partial charge on any atom is -0.494 e. The molecule has 1 aromatic rings. The molecule has 7 nitrogen and oxygen atoms in total. The van der Waals surface area contributed by atoms with Crippen LogP contribution >= 0.6 is 0 Å². The number of para-hydroxylation sites is 1. The van der Waals surface area contributed by atoms with Crippen molar-refractivity contribution in [2.24, 2.45) is 0 Å². The van der Waals surface area contributed by atoms with E-state index in [2.05, 4.69) is 10.2 Å². The maximum Gasteiger partial charge on any atom is 0.237 e. The first-order chi connectivity index (χ1) is 13.2. The number of rotatable bonds is 6. The van der Waals surface area contributed by atoms with Gasteiger partial charge in [0.25, 0.3) is 0 Å². The smallest absolute Gasteiger partial charge is 0.237 e. The monoisotopic (exact) mass is 375 g/mol. The Hall–Kier alpha value is -2.12. The van der Waals surface area contributed by atoms with Crippen molar-refractivity contribution >= 4 is 11.8 Å². The van der Waals surface area contributed by atoms with E-state index in [1.54, 1.807) is 0 Å². The number of benzene rings is 1. The Morgan fingerprint density at radius 2 is 2.11 bits per heavy atom. The summed E-state index contributed by atoms with van der Waals surface area (Å²) >= 11 is 0. The number of hydrogen-bond donors (Lipinski definition) is 1. The lowest BCUT2D eigenvalue weighted by molar-refractivity contribution is -0.139. The van der Waals surface area contributed by atoms with Gasteiger partial charge in [-0.3, -0.25) is 14.5 Å². The average Bonchev–Trinajstić information content (AvgIpc) is 2.96. The van der Waals surface area contributed by atoms with Crippen molar-refractivity contribution in [2.75, 3.05) is 46.0 Å². The number of ether oxygens (including phenoxy) is 2. The standard InChI is InChI=1S/C20H29N3O4/c1-2-27-18-7-4-3-6-16(18)15-23-10-8-21-20(25)17(23)14-19(24)22-9-5-12-26-13-11-22/h3-4,6-7,17H,2,5,8-15H2,1H3,(H,21,25)/t17-/m1/s1. The summed E-state index contributed by atoms with van der Waals surface area (Å²) < 4.78 is 11.1. The molecule has 0 aromatic heterocycles. The van der Waals surface area contributed by atoms with E-state index in [1.807, 2.05) is 36.1 Å². The van der Waals surface area contributed by atoms with E-state index in [4.69, 9.17) is 9.47 Å². The third kappa shape index (κ3) is 5.20. The Labute approximate surface area is 160 Å². The Balaban J connectivity index is 1.69. The molecule has 27 heavy (non-hydrogen) atoms. The van der Waals surface area contributed by atoms with Crippen molar-refractivity contribution in [2.45, 2.75) is 32.4 Å². The topological polar surface area (TPSA) is 71.1 Å². The normalized spacial score (nSPS) is 21.4. The summed E-state index contributed by atoms with van der Waals surface area (Å²) in [7, 11) is 0. The highest BCUT2D eigenvalue weighted by Gasteiger charge is 2.33. The predicted octanol–water partition coefficient (Wildman–Crippen LogP) is 1.02. The van der Waals surface area contributed by atoms with Crippen molar-refractivity contribution in [3.63, 3.8) is 0 Å². The molecule has 1 N–H and O–H groups in total. The second-order valence-electron chi connectivity index (χ2n) is 6.87. The molecule has 1 aromatic carbocycles. The third-order valence-corrected chi connectivity index (χ3v) is 5.03. The van der Waals surface area contributed by atoms with Gasteiger partial charge in [-0.2, -0.15) is 0 Å². The fourth-order valence-corrected chi connectivity index (χ4v) is 3.61. The van der Waals surface area contributed by atoms with Gasteiger partial charge in [0.05, 0.1) is 25.7 Å². The minimum absolute atomic E-state index is 0.0191. The second-order valence-corrected chi connectivity index (χ2v) is 6.87. The molecule has 2 heterocycles. The van der Waals surface area contributed by atoms with Gasteiger partial charge >= 0.3 is 0 Å². The highest BCUT2D eigenvalue weighted by molar-refractivity contribution is 5.88. The van der Waals surface area contributed by atoms with E-state index in [9.17, 15) is 9.59 Å². The first-order valence-electron chi connectivity index (χ1n) is 9.77. The Morgan fingerprint density at radius 1 is 1.26 bits per heavy atom. The van der Waals surface area contributed by atoms with Crippen LogP contribution in [0.1, 0.15) is 25.3 Å². The van der Waals surface area contributed by atoms with Crippen LogP contribution in [0.2, 0.25) is 0 Å². The summed E-state index contributed by atoms with van der Waals surface area (Å²) in [5.74, 6) is 0.779. The molecular weight excluding hydrogens is 346 g/mol. The highest BCUT2D eigenvalue weighted by Crippen LogP contribution is 2.22. The number of nitrogens with one attached hydrogen (secondary N) is 1. The lowest BCUT2D eigenvalue weighted by Crippen LogP contribution is -2.56. The first kappa shape index (κ1) is 19.6. The van der Waals surface area contributed by atoms with Crippen LogP contribution in [0.4, 0.5) is 0 Å². The zero-order valence-corrected chi connectivity index (χ0v) is 16.0. The van der Waals surface area contributed by atoms with Gasteiger partial charge in [-0.25, -0.2) is 0 Å². The van der Waals surface area contributed by atoms with Crippen molar-refractivity contribution in [1.29, 1.82) is 0 Å². The molecule has 2 aliphatic rings. The largest absolute Gasteiger partial charge is 0.494 e. The Bertz CT molecular complexity index is 644. The molecule has 1 atom stereocenters. The predicted molar refractivity (Wildman–Crippen MR) is 101 cm³/mol. The van der Waals surface area contributed by atoms with E-state index < -0.39 is 6.04 Å². The van der Waals surface area contributed by atoms with Crippen molar-refractivity contribution in [3.05, 3.63) is 29.8 Å². The zero-order chi connectivity index (χ0) is 19.1. The zero-order valence-electron chi connectivity index (χ0n) is 16.0. The molecule has 2 aliphatic heterocycles. The summed E-state index contributed by atoms with van der Waals surface area (Å²) in [5.41, 5.74) is 1.04. The van der Waals surface area contributed by atoms with Crippen molar-refractivity contribution in [3.8, 4) is 5.75 Å². The van der Waals surface area contributed by atoms with Crippen LogP contribution in [-0.4, -0.2) is 73.7 Å². The van der Waals surface area contributed by atoms with Crippen LogP contribution in [0.3, 0.4) is 0 Å². The van der Waals surface area contributed by atoms with Gasteiger partial charge in [0.1, 0.15) is 5.75 Å². The third-order valence-electron chi connectivity index (χ3n) is 5.03. The first-order valence-corrected chi connectivity index (χ1v) is 9.77. The van der Waals surface area contributed by atoms with Crippen molar-refractivity contribution in [1.82, 2.24) is 15.1 Å². The number of nitrogens with zero attached hydrogens (tertiary/aromatic N) is 2. The van der Waals surface area contributed by atoms with Gasteiger partial charge in [-0.05, 0) is 19.4 Å². The van der Waals surface area contributed by atoms with E-state index in [0.717, 1.165) is 17.7 Å². The molecule has 0 bridgehead atoms. The van der Waals surface area contributed by atoms with E-state index >= 15 is 0 Å². The van der Waals surface area contributed by atoms with Gasteiger partial charge in [-0.1, -0.05) is 18.2 Å².